The van der Waals surface area contributed by atoms with E-state index in [0.29, 0.717) is 11.4 Å². The molecule has 32 heavy (non-hydrogen) atoms. The monoisotopic (exact) mass is 450 g/mol. The van der Waals surface area contributed by atoms with Gasteiger partial charge in [0.25, 0.3) is 10.0 Å². The third-order valence-electron chi connectivity index (χ3n) is 5.44. The number of piperidine rings is 1. The van der Waals surface area contributed by atoms with Gasteiger partial charge in [-0.25, -0.2) is 8.42 Å². The summed E-state index contributed by atoms with van der Waals surface area (Å²) in [5.41, 5.74) is 2.13. The molecule has 2 heterocycles. The average molecular weight is 451 g/mol. The van der Waals surface area contributed by atoms with E-state index in [1.165, 1.54) is 43.8 Å². The van der Waals surface area contributed by atoms with Crippen molar-refractivity contribution in [3.8, 4) is 0 Å². The minimum absolute atomic E-state index is 0.121. The topological polar surface area (TPSA) is 82.6 Å². The fraction of sp³-hybridized carbons (Fsp3) is 0.250. The normalized spacial score (nSPS) is 14.1. The van der Waals surface area contributed by atoms with Gasteiger partial charge in [-0.1, -0.05) is 18.2 Å². The molecule has 3 aromatic rings. The Bertz CT molecular complexity index is 1130. The standard InChI is InChI=1S/C24H26N4O3S/c29-24(26-20-9-11-21(12-10-20)27-17-5-2-6-18-27)19-28(22-13-15-25-16-14-22)32(30,31)23-7-3-1-4-8-23/h1,3-4,7-16H,2,5-6,17-19H2,(H,26,29). The number of nitrogens with one attached hydrogen (secondary N) is 1. The lowest BCUT2D eigenvalue weighted by Crippen LogP contribution is -2.38. The summed E-state index contributed by atoms with van der Waals surface area (Å²) in [6.07, 6.45) is 6.66. The van der Waals surface area contributed by atoms with E-state index in [-0.39, 0.29) is 11.4 Å². The number of benzene rings is 2. The molecule has 0 radical (unpaired) electrons. The van der Waals surface area contributed by atoms with Crippen LogP contribution in [-0.4, -0.2) is 38.9 Å². The number of rotatable bonds is 7. The Hall–Kier alpha value is -3.39. The highest BCUT2D eigenvalue weighted by atomic mass is 32.2. The first kappa shape index (κ1) is 21.8. The van der Waals surface area contributed by atoms with Gasteiger partial charge in [0.05, 0.1) is 10.6 Å². The molecule has 8 heteroatoms. The lowest BCUT2D eigenvalue weighted by atomic mass is 10.1. The van der Waals surface area contributed by atoms with Crippen LogP contribution in [0.3, 0.4) is 0 Å². The first-order valence-corrected chi connectivity index (χ1v) is 12.1. The number of pyridine rings is 1. The number of carbonyl (C=O) groups is 1. The molecule has 4 rings (SSSR count). The van der Waals surface area contributed by atoms with Gasteiger partial charge in [-0.05, 0) is 67.8 Å². The second-order valence-electron chi connectivity index (χ2n) is 7.67. The summed E-state index contributed by atoms with van der Waals surface area (Å²) < 4.78 is 27.6. The van der Waals surface area contributed by atoms with E-state index in [9.17, 15) is 13.2 Å². The number of hydrogen-bond acceptors (Lipinski definition) is 5. The van der Waals surface area contributed by atoms with Crippen LogP contribution in [0.1, 0.15) is 19.3 Å². The molecule has 0 atom stereocenters. The van der Waals surface area contributed by atoms with E-state index >= 15 is 0 Å². The number of nitrogens with zero attached hydrogens (tertiary/aromatic N) is 3. The maximum atomic E-state index is 13.3. The minimum atomic E-state index is -3.92. The van der Waals surface area contributed by atoms with Crippen LogP contribution in [0.5, 0.6) is 0 Å². The van der Waals surface area contributed by atoms with Crippen molar-refractivity contribution in [2.24, 2.45) is 0 Å². The van der Waals surface area contributed by atoms with E-state index < -0.39 is 15.9 Å². The van der Waals surface area contributed by atoms with E-state index in [1.807, 2.05) is 24.3 Å². The summed E-state index contributed by atoms with van der Waals surface area (Å²) in [5, 5.41) is 2.82. The van der Waals surface area contributed by atoms with Crippen LogP contribution in [0, 0.1) is 0 Å². The second-order valence-corrected chi connectivity index (χ2v) is 9.54. The van der Waals surface area contributed by atoms with Gasteiger partial charge in [0.2, 0.25) is 5.91 Å². The molecule has 2 aromatic carbocycles. The van der Waals surface area contributed by atoms with E-state index in [2.05, 4.69) is 15.2 Å². The highest BCUT2D eigenvalue weighted by Crippen LogP contribution is 2.24. The molecule has 7 nitrogen and oxygen atoms in total. The van der Waals surface area contributed by atoms with Crippen molar-refractivity contribution in [2.75, 3.05) is 34.2 Å². The molecule has 0 saturated carbocycles. The largest absolute Gasteiger partial charge is 0.372 e. The molecular weight excluding hydrogens is 424 g/mol. The third-order valence-corrected chi connectivity index (χ3v) is 7.23. The zero-order chi connectivity index (χ0) is 22.4. The number of amides is 1. The summed E-state index contributed by atoms with van der Waals surface area (Å²) in [4.78, 5) is 19.2. The van der Waals surface area contributed by atoms with Gasteiger partial charge >= 0.3 is 0 Å². The van der Waals surface area contributed by atoms with Gasteiger partial charge in [-0.2, -0.15) is 0 Å². The summed E-state index contributed by atoms with van der Waals surface area (Å²) in [6.45, 7) is 1.74. The molecule has 0 bridgehead atoms. The van der Waals surface area contributed by atoms with Crippen LogP contribution >= 0.6 is 0 Å². The maximum absolute atomic E-state index is 13.3. The van der Waals surface area contributed by atoms with Gasteiger partial charge in [0, 0.05) is 36.9 Å². The Kier molecular flexibility index (Phi) is 6.70. The third kappa shape index (κ3) is 5.08. The van der Waals surface area contributed by atoms with Crippen LogP contribution in [-0.2, 0) is 14.8 Å². The molecular formula is C24H26N4O3S. The number of anilines is 3. The van der Waals surface area contributed by atoms with Crippen LogP contribution in [0.2, 0.25) is 0 Å². The second kappa shape index (κ2) is 9.82. The Labute approximate surface area is 188 Å². The highest BCUT2D eigenvalue weighted by molar-refractivity contribution is 7.92. The molecule has 1 aliphatic rings. The van der Waals surface area contributed by atoms with E-state index in [4.69, 9.17) is 0 Å². The van der Waals surface area contributed by atoms with E-state index in [1.54, 1.807) is 30.3 Å². The fourth-order valence-electron chi connectivity index (χ4n) is 3.78. The molecule has 166 valence electrons. The van der Waals surface area contributed by atoms with Gasteiger partial charge in [0.1, 0.15) is 6.54 Å². The zero-order valence-electron chi connectivity index (χ0n) is 17.7. The van der Waals surface area contributed by atoms with E-state index in [0.717, 1.165) is 23.1 Å². The maximum Gasteiger partial charge on any atom is 0.264 e. The molecule has 1 amide bonds. The van der Waals surface area contributed by atoms with Crippen LogP contribution < -0.4 is 14.5 Å². The predicted molar refractivity (Wildman–Crippen MR) is 126 cm³/mol. The van der Waals surface area contributed by atoms with Gasteiger partial charge in [-0.15, -0.1) is 0 Å². The van der Waals surface area contributed by atoms with Crippen molar-refractivity contribution >= 4 is 33.0 Å². The smallest absolute Gasteiger partial charge is 0.264 e. The molecule has 0 aliphatic carbocycles. The summed E-state index contributed by atoms with van der Waals surface area (Å²) in [5.74, 6) is -0.424. The van der Waals surface area contributed by atoms with Crippen molar-refractivity contribution in [2.45, 2.75) is 24.2 Å². The fourth-order valence-corrected chi connectivity index (χ4v) is 5.23. The predicted octanol–water partition coefficient (Wildman–Crippen LogP) is 3.91. The molecule has 1 fully saturated rings. The summed E-state index contributed by atoms with van der Waals surface area (Å²) in [7, 11) is -3.92. The molecule has 1 aromatic heterocycles. The van der Waals surface area contributed by atoms with Crippen molar-refractivity contribution < 1.29 is 13.2 Å². The van der Waals surface area contributed by atoms with Crippen molar-refractivity contribution in [1.82, 2.24) is 4.98 Å². The lowest BCUT2D eigenvalue weighted by Gasteiger charge is -2.29. The summed E-state index contributed by atoms with van der Waals surface area (Å²) in [6, 6.07) is 18.9. The minimum Gasteiger partial charge on any atom is -0.372 e. The first-order chi connectivity index (χ1) is 15.5. The Balaban J connectivity index is 1.50. The molecule has 0 unspecified atom stereocenters. The van der Waals surface area contributed by atoms with Crippen molar-refractivity contribution in [3.05, 3.63) is 79.1 Å². The lowest BCUT2D eigenvalue weighted by molar-refractivity contribution is -0.114. The van der Waals surface area contributed by atoms with Gasteiger partial charge in [0.15, 0.2) is 0 Å². The molecule has 1 N–H and O–H groups in total. The molecule has 1 aliphatic heterocycles. The number of sulfonamides is 1. The Morgan fingerprint density at radius 3 is 2.22 bits per heavy atom. The zero-order valence-corrected chi connectivity index (χ0v) is 18.5. The quantitative estimate of drug-likeness (QED) is 0.590. The first-order valence-electron chi connectivity index (χ1n) is 10.7. The number of hydrogen-bond donors (Lipinski definition) is 1. The number of aromatic nitrogens is 1. The Morgan fingerprint density at radius 1 is 0.906 bits per heavy atom. The molecule has 1 saturated heterocycles. The van der Waals surface area contributed by atoms with Crippen molar-refractivity contribution in [1.29, 1.82) is 0 Å². The Morgan fingerprint density at radius 2 is 1.56 bits per heavy atom. The van der Waals surface area contributed by atoms with Crippen LogP contribution in [0.4, 0.5) is 17.1 Å². The van der Waals surface area contributed by atoms with Crippen LogP contribution in [0.15, 0.2) is 84.0 Å². The van der Waals surface area contributed by atoms with Crippen molar-refractivity contribution in [3.63, 3.8) is 0 Å². The van der Waals surface area contributed by atoms with Crippen LogP contribution in [0.25, 0.3) is 0 Å². The highest BCUT2D eigenvalue weighted by Gasteiger charge is 2.27. The average Bonchev–Trinajstić information content (AvgIpc) is 2.84. The number of carbonyl (C=O) groups excluding carboxylic acids is 1. The van der Waals surface area contributed by atoms with Gasteiger partial charge in [-0.3, -0.25) is 14.1 Å². The molecule has 0 spiro atoms. The van der Waals surface area contributed by atoms with Gasteiger partial charge < -0.3 is 10.2 Å². The SMILES string of the molecule is O=C(CN(c1ccncc1)S(=O)(=O)c1ccccc1)Nc1ccc(N2CCCCC2)cc1. The summed E-state index contributed by atoms with van der Waals surface area (Å²) >= 11 is 0.